The molecule has 0 atom stereocenters. The number of benzene rings is 1. The highest BCUT2D eigenvalue weighted by Gasteiger charge is 2.27. The number of halogens is 1. The van der Waals surface area contributed by atoms with Crippen LogP contribution in [0.3, 0.4) is 0 Å². The maximum absolute atomic E-state index is 13.8. The Hall–Kier alpha value is -1.77. The fourth-order valence-electron chi connectivity index (χ4n) is 1.83. The maximum Gasteiger partial charge on any atom is 0.244 e. The first-order chi connectivity index (χ1) is 9.84. The van der Waals surface area contributed by atoms with E-state index < -0.39 is 15.8 Å². The molecule has 1 aromatic carbocycles. The number of nitrogens with zero attached hydrogens (tertiary/aromatic N) is 1. The number of furan rings is 1. The van der Waals surface area contributed by atoms with Crippen molar-refractivity contribution < 1.29 is 17.2 Å². The summed E-state index contributed by atoms with van der Waals surface area (Å²) in [5.74, 6) is -0.302. The van der Waals surface area contributed by atoms with Gasteiger partial charge in [-0.1, -0.05) is 18.3 Å². The van der Waals surface area contributed by atoms with Crippen molar-refractivity contribution in [2.24, 2.45) is 5.73 Å². The molecule has 1 heterocycles. The van der Waals surface area contributed by atoms with Crippen molar-refractivity contribution in [3.05, 3.63) is 53.7 Å². The Balaban J connectivity index is 2.44. The van der Waals surface area contributed by atoms with E-state index in [2.05, 4.69) is 0 Å². The lowest BCUT2D eigenvalue weighted by molar-refractivity contribution is 0.406. The van der Waals surface area contributed by atoms with Gasteiger partial charge in [-0.05, 0) is 24.3 Å². The van der Waals surface area contributed by atoms with Crippen LogP contribution >= 0.6 is 12.2 Å². The van der Waals surface area contributed by atoms with Crippen LogP contribution in [0.4, 0.5) is 4.39 Å². The number of sulfonamides is 1. The summed E-state index contributed by atoms with van der Waals surface area (Å²) < 4.78 is 45.0. The molecular weight excluding hydrogens is 315 g/mol. The third-order valence-corrected chi connectivity index (χ3v) is 4.92. The summed E-state index contributed by atoms with van der Waals surface area (Å²) in [5, 5.41) is 0. The Morgan fingerprint density at radius 2 is 2.10 bits per heavy atom. The molecule has 0 amide bonds. The summed E-state index contributed by atoms with van der Waals surface area (Å²) in [7, 11) is -2.58. The highest BCUT2D eigenvalue weighted by molar-refractivity contribution is 7.89. The van der Waals surface area contributed by atoms with Gasteiger partial charge in [0.05, 0.1) is 23.3 Å². The molecule has 0 saturated carbocycles. The monoisotopic (exact) mass is 328 g/mol. The van der Waals surface area contributed by atoms with Gasteiger partial charge >= 0.3 is 0 Å². The highest BCUT2D eigenvalue weighted by atomic mass is 32.2. The minimum Gasteiger partial charge on any atom is -0.468 e. The Bertz CT molecular complexity index is 758. The van der Waals surface area contributed by atoms with Crippen LogP contribution in [-0.4, -0.2) is 24.8 Å². The lowest BCUT2D eigenvalue weighted by Gasteiger charge is -2.18. The first kappa shape index (κ1) is 15.6. The van der Waals surface area contributed by atoms with E-state index in [1.807, 2.05) is 0 Å². The van der Waals surface area contributed by atoms with Crippen LogP contribution < -0.4 is 5.73 Å². The molecule has 8 heteroatoms. The summed E-state index contributed by atoms with van der Waals surface area (Å²) in [6, 6.07) is 6.97. The maximum atomic E-state index is 13.8. The van der Waals surface area contributed by atoms with Gasteiger partial charge in [0.25, 0.3) is 0 Å². The molecule has 0 saturated heterocycles. The van der Waals surface area contributed by atoms with Crippen LogP contribution in [0.15, 0.2) is 45.9 Å². The van der Waals surface area contributed by atoms with Gasteiger partial charge in [0.2, 0.25) is 10.0 Å². The minimum atomic E-state index is -3.95. The van der Waals surface area contributed by atoms with Crippen LogP contribution in [0.2, 0.25) is 0 Å². The van der Waals surface area contributed by atoms with Crippen molar-refractivity contribution in [1.82, 2.24) is 4.31 Å². The molecule has 0 aliphatic heterocycles. The average molecular weight is 328 g/mol. The molecule has 0 radical (unpaired) electrons. The second-order valence-electron chi connectivity index (χ2n) is 4.32. The molecule has 1 aromatic heterocycles. The van der Waals surface area contributed by atoms with Crippen molar-refractivity contribution in [1.29, 1.82) is 0 Å². The fourth-order valence-corrected chi connectivity index (χ4v) is 3.45. The first-order valence-corrected chi connectivity index (χ1v) is 7.76. The summed E-state index contributed by atoms with van der Waals surface area (Å²) in [4.78, 5) is -0.567. The predicted molar refractivity (Wildman–Crippen MR) is 79.6 cm³/mol. The third-order valence-electron chi connectivity index (χ3n) is 2.87. The third kappa shape index (κ3) is 3.12. The van der Waals surface area contributed by atoms with Crippen LogP contribution in [-0.2, 0) is 16.6 Å². The second kappa shape index (κ2) is 5.92. The van der Waals surface area contributed by atoms with Crippen molar-refractivity contribution in [3.8, 4) is 0 Å². The van der Waals surface area contributed by atoms with Crippen molar-refractivity contribution in [2.75, 3.05) is 7.05 Å². The Labute approximate surface area is 127 Å². The first-order valence-electron chi connectivity index (χ1n) is 5.91. The van der Waals surface area contributed by atoms with E-state index in [-0.39, 0.29) is 22.0 Å². The highest BCUT2D eigenvalue weighted by Crippen LogP contribution is 2.23. The van der Waals surface area contributed by atoms with Gasteiger partial charge in [-0.2, -0.15) is 4.31 Å². The zero-order valence-corrected chi connectivity index (χ0v) is 12.7. The smallest absolute Gasteiger partial charge is 0.244 e. The molecule has 0 bridgehead atoms. The lowest BCUT2D eigenvalue weighted by atomic mass is 10.2. The SMILES string of the molecule is CN(Cc1ccco1)S(=O)(=O)c1cccc(F)c1C(N)=S. The number of hydrogen-bond acceptors (Lipinski definition) is 4. The van der Waals surface area contributed by atoms with Crippen molar-refractivity contribution >= 4 is 27.2 Å². The van der Waals surface area contributed by atoms with E-state index >= 15 is 0 Å². The molecule has 0 aliphatic carbocycles. The number of thiocarbonyl (C=S) groups is 1. The van der Waals surface area contributed by atoms with E-state index in [9.17, 15) is 12.8 Å². The molecular formula is C13H13FN2O3S2. The van der Waals surface area contributed by atoms with Gasteiger partial charge in [0.1, 0.15) is 16.6 Å². The summed E-state index contributed by atoms with van der Waals surface area (Å²) in [5.41, 5.74) is 5.16. The second-order valence-corrected chi connectivity index (χ2v) is 6.77. The summed E-state index contributed by atoms with van der Waals surface area (Å²) in [6.45, 7) is 0.0165. The Kier molecular flexibility index (Phi) is 4.40. The molecule has 0 fully saturated rings. The normalized spacial score (nSPS) is 11.8. The van der Waals surface area contributed by atoms with Crippen LogP contribution in [0.5, 0.6) is 0 Å². The van der Waals surface area contributed by atoms with E-state index in [1.165, 1.54) is 25.4 Å². The van der Waals surface area contributed by atoms with Gasteiger partial charge in [0.15, 0.2) is 0 Å². The topological polar surface area (TPSA) is 76.5 Å². The van der Waals surface area contributed by atoms with Crippen LogP contribution in [0.1, 0.15) is 11.3 Å². The number of hydrogen-bond donors (Lipinski definition) is 1. The zero-order chi connectivity index (χ0) is 15.6. The molecule has 112 valence electrons. The van der Waals surface area contributed by atoms with Gasteiger partial charge in [-0.25, -0.2) is 12.8 Å². The van der Waals surface area contributed by atoms with Gasteiger partial charge < -0.3 is 10.2 Å². The molecule has 5 nitrogen and oxygen atoms in total. The molecule has 0 unspecified atom stereocenters. The van der Waals surface area contributed by atoms with E-state index in [0.29, 0.717) is 5.76 Å². The summed E-state index contributed by atoms with van der Waals surface area (Å²) in [6.07, 6.45) is 1.44. The summed E-state index contributed by atoms with van der Waals surface area (Å²) >= 11 is 4.74. The molecule has 2 rings (SSSR count). The Morgan fingerprint density at radius 3 is 2.67 bits per heavy atom. The fraction of sp³-hybridized carbons (Fsp3) is 0.154. The van der Waals surface area contributed by atoms with Crippen molar-refractivity contribution in [2.45, 2.75) is 11.4 Å². The quantitative estimate of drug-likeness (QED) is 0.848. The van der Waals surface area contributed by atoms with Gasteiger partial charge in [-0.15, -0.1) is 0 Å². The standard InChI is InChI=1S/C13H13FN2O3S2/c1-16(8-9-4-3-7-19-9)21(17,18)11-6-2-5-10(14)12(11)13(15)20/h2-7H,8H2,1H3,(H2,15,20). The molecule has 21 heavy (non-hydrogen) atoms. The molecule has 2 N–H and O–H groups in total. The van der Waals surface area contributed by atoms with E-state index in [0.717, 1.165) is 10.4 Å². The van der Waals surface area contributed by atoms with Gasteiger partial charge in [0, 0.05) is 7.05 Å². The van der Waals surface area contributed by atoms with Crippen LogP contribution in [0.25, 0.3) is 0 Å². The molecule has 0 spiro atoms. The van der Waals surface area contributed by atoms with E-state index in [4.69, 9.17) is 22.4 Å². The van der Waals surface area contributed by atoms with Gasteiger partial charge in [-0.3, -0.25) is 0 Å². The largest absolute Gasteiger partial charge is 0.468 e. The molecule has 0 aliphatic rings. The van der Waals surface area contributed by atoms with Crippen molar-refractivity contribution in [3.63, 3.8) is 0 Å². The minimum absolute atomic E-state index is 0.0165. The Morgan fingerprint density at radius 1 is 1.38 bits per heavy atom. The number of nitrogens with two attached hydrogens (primary N) is 1. The lowest BCUT2D eigenvalue weighted by Crippen LogP contribution is -2.29. The van der Waals surface area contributed by atoms with E-state index in [1.54, 1.807) is 12.1 Å². The average Bonchev–Trinajstić information content (AvgIpc) is 2.90. The zero-order valence-electron chi connectivity index (χ0n) is 11.1. The predicted octanol–water partition coefficient (Wildman–Crippen LogP) is 1.87. The number of rotatable bonds is 5. The van der Waals surface area contributed by atoms with Crippen LogP contribution in [0, 0.1) is 5.82 Å². The molecule has 2 aromatic rings.